The molecule has 1 amide bonds. The van der Waals surface area contributed by atoms with Gasteiger partial charge in [-0.2, -0.15) is 0 Å². The minimum Gasteiger partial charge on any atom is -0.354 e. The summed E-state index contributed by atoms with van der Waals surface area (Å²) in [6.07, 6.45) is 3.29. The van der Waals surface area contributed by atoms with Gasteiger partial charge in [0.1, 0.15) is 0 Å². The fourth-order valence-corrected chi connectivity index (χ4v) is 2.70. The Balaban J connectivity index is 1.81. The standard InChI is InChI=1S/C21H21N3O/c1-14-7-4-5-10-19(14)23-18-11-17(12-22-13-18)21(25)24-20-15(2)8-6-9-16(20)3/h4-13,23H,1-3H3,(H,24,25). The lowest BCUT2D eigenvalue weighted by Crippen LogP contribution is -2.14. The molecule has 0 aliphatic rings. The number of nitrogens with one attached hydrogen (secondary N) is 2. The van der Waals surface area contributed by atoms with Crippen LogP contribution in [0.4, 0.5) is 17.1 Å². The molecule has 0 fully saturated rings. The molecule has 0 unspecified atom stereocenters. The predicted molar refractivity (Wildman–Crippen MR) is 103 cm³/mol. The van der Waals surface area contributed by atoms with Crippen molar-refractivity contribution in [3.05, 3.63) is 83.2 Å². The first-order valence-corrected chi connectivity index (χ1v) is 8.20. The molecule has 0 aliphatic carbocycles. The molecule has 2 aromatic carbocycles. The summed E-state index contributed by atoms with van der Waals surface area (Å²) in [5, 5.41) is 6.30. The maximum absolute atomic E-state index is 12.6. The molecule has 25 heavy (non-hydrogen) atoms. The third-order valence-corrected chi connectivity index (χ3v) is 4.14. The maximum Gasteiger partial charge on any atom is 0.257 e. The highest BCUT2D eigenvalue weighted by Crippen LogP contribution is 2.22. The summed E-state index contributed by atoms with van der Waals surface area (Å²) in [6, 6.07) is 15.8. The van der Waals surface area contributed by atoms with Crippen molar-refractivity contribution in [2.75, 3.05) is 10.6 Å². The fourth-order valence-electron chi connectivity index (χ4n) is 2.70. The average molecular weight is 331 g/mol. The van der Waals surface area contributed by atoms with Crippen molar-refractivity contribution < 1.29 is 4.79 Å². The van der Waals surface area contributed by atoms with Crippen LogP contribution in [0.25, 0.3) is 0 Å². The quantitative estimate of drug-likeness (QED) is 0.707. The molecule has 0 aliphatic heterocycles. The van der Waals surface area contributed by atoms with Crippen LogP contribution in [0.3, 0.4) is 0 Å². The van der Waals surface area contributed by atoms with E-state index in [-0.39, 0.29) is 5.91 Å². The Hall–Kier alpha value is -3.14. The molecule has 2 N–H and O–H groups in total. The van der Waals surface area contributed by atoms with Crippen LogP contribution >= 0.6 is 0 Å². The highest BCUT2D eigenvalue weighted by atomic mass is 16.1. The number of hydrogen-bond acceptors (Lipinski definition) is 3. The number of hydrogen-bond donors (Lipinski definition) is 2. The van der Waals surface area contributed by atoms with E-state index in [9.17, 15) is 4.79 Å². The number of carbonyl (C=O) groups excluding carboxylic acids is 1. The first-order valence-electron chi connectivity index (χ1n) is 8.20. The molecule has 0 saturated heterocycles. The second-order valence-corrected chi connectivity index (χ2v) is 6.12. The van der Waals surface area contributed by atoms with Gasteiger partial charge in [-0.25, -0.2) is 0 Å². The van der Waals surface area contributed by atoms with Crippen molar-refractivity contribution in [2.24, 2.45) is 0 Å². The first-order chi connectivity index (χ1) is 12.0. The van der Waals surface area contributed by atoms with Crippen molar-refractivity contribution >= 4 is 23.0 Å². The van der Waals surface area contributed by atoms with E-state index in [1.807, 2.05) is 69.3 Å². The zero-order valence-electron chi connectivity index (χ0n) is 14.6. The van der Waals surface area contributed by atoms with Gasteiger partial charge < -0.3 is 10.6 Å². The highest BCUT2D eigenvalue weighted by molar-refractivity contribution is 6.05. The lowest BCUT2D eigenvalue weighted by atomic mass is 10.1. The van der Waals surface area contributed by atoms with Crippen molar-refractivity contribution in [1.29, 1.82) is 0 Å². The normalized spacial score (nSPS) is 10.4. The number of aromatic nitrogens is 1. The third-order valence-electron chi connectivity index (χ3n) is 4.14. The van der Waals surface area contributed by atoms with Gasteiger partial charge in [-0.1, -0.05) is 36.4 Å². The number of nitrogens with zero attached hydrogens (tertiary/aromatic N) is 1. The number of carbonyl (C=O) groups is 1. The maximum atomic E-state index is 12.6. The molecule has 4 heteroatoms. The van der Waals surface area contributed by atoms with Crippen LogP contribution in [0, 0.1) is 20.8 Å². The van der Waals surface area contributed by atoms with E-state index in [2.05, 4.69) is 15.6 Å². The zero-order chi connectivity index (χ0) is 17.8. The van der Waals surface area contributed by atoms with Crippen LogP contribution in [0.5, 0.6) is 0 Å². The smallest absolute Gasteiger partial charge is 0.257 e. The number of para-hydroxylation sites is 2. The number of aryl methyl sites for hydroxylation is 3. The zero-order valence-corrected chi connectivity index (χ0v) is 14.6. The Labute approximate surface area is 147 Å². The van der Waals surface area contributed by atoms with E-state index in [0.29, 0.717) is 5.56 Å². The predicted octanol–water partition coefficient (Wildman–Crippen LogP) is 5.00. The van der Waals surface area contributed by atoms with Gasteiger partial charge in [-0.3, -0.25) is 9.78 Å². The summed E-state index contributed by atoms with van der Waals surface area (Å²) >= 11 is 0. The molecule has 1 aromatic heterocycles. The van der Waals surface area contributed by atoms with Crippen LogP contribution in [0.2, 0.25) is 0 Å². The summed E-state index contributed by atoms with van der Waals surface area (Å²) < 4.78 is 0. The van der Waals surface area contributed by atoms with Gasteiger partial charge in [0.05, 0.1) is 17.4 Å². The van der Waals surface area contributed by atoms with Gasteiger partial charge >= 0.3 is 0 Å². The molecule has 126 valence electrons. The molecule has 0 atom stereocenters. The summed E-state index contributed by atoms with van der Waals surface area (Å²) in [7, 11) is 0. The van der Waals surface area contributed by atoms with Crippen LogP contribution < -0.4 is 10.6 Å². The van der Waals surface area contributed by atoms with Gasteiger partial charge in [0.2, 0.25) is 0 Å². The van der Waals surface area contributed by atoms with Crippen molar-refractivity contribution in [3.8, 4) is 0 Å². The Kier molecular flexibility index (Phi) is 4.80. The van der Waals surface area contributed by atoms with Gasteiger partial charge in [-0.15, -0.1) is 0 Å². The monoisotopic (exact) mass is 331 g/mol. The van der Waals surface area contributed by atoms with Crippen molar-refractivity contribution in [2.45, 2.75) is 20.8 Å². The van der Waals surface area contributed by atoms with Gasteiger partial charge in [0, 0.05) is 17.6 Å². The molecule has 0 spiro atoms. The van der Waals surface area contributed by atoms with Gasteiger partial charge in [0.25, 0.3) is 5.91 Å². The van der Waals surface area contributed by atoms with Crippen LogP contribution in [0.15, 0.2) is 60.9 Å². The SMILES string of the molecule is Cc1ccccc1Nc1cncc(C(=O)Nc2c(C)cccc2C)c1. The second kappa shape index (κ2) is 7.18. The van der Waals surface area contributed by atoms with E-state index in [1.165, 1.54) is 0 Å². The largest absolute Gasteiger partial charge is 0.354 e. The fraction of sp³-hybridized carbons (Fsp3) is 0.143. The lowest BCUT2D eigenvalue weighted by molar-refractivity contribution is 0.102. The summed E-state index contributed by atoms with van der Waals surface area (Å²) in [4.78, 5) is 16.8. The third kappa shape index (κ3) is 3.86. The number of pyridine rings is 1. The van der Waals surface area contributed by atoms with E-state index < -0.39 is 0 Å². The summed E-state index contributed by atoms with van der Waals surface area (Å²) in [6.45, 7) is 6.00. The van der Waals surface area contributed by atoms with Gasteiger partial charge in [-0.05, 0) is 49.6 Å². The van der Waals surface area contributed by atoms with E-state index in [0.717, 1.165) is 33.8 Å². The average Bonchev–Trinajstić information content (AvgIpc) is 2.60. The van der Waals surface area contributed by atoms with Crippen molar-refractivity contribution in [3.63, 3.8) is 0 Å². The molecule has 1 heterocycles. The van der Waals surface area contributed by atoms with Gasteiger partial charge in [0.15, 0.2) is 0 Å². The molecule has 3 rings (SSSR count). The molecular weight excluding hydrogens is 310 g/mol. The molecule has 3 aromatic rings. The van der Waals surface area contributed by atoms with E-state index >= 15 is 0 Å². The first kappa shape index (κ1) is 16.7. The number of anilines is 3. The van der Waals surface area contributed by atoms with Crippen LogP contribution in [-0.4, -0.2) is 10.9 Å². The number of benzene rings is 2. The topological polar surface area (TPSA) is 54.0 Å². The molecule has 0 radical (unpaired) electrons. The summed E-state index contributed by atoms with van der Waals surface area (Å²) in [5.74, 6) is -0.168. The highest BCUT2D eigenvalue weighted by Gasteiger charge is 2.11. The molecular formula is C21H21N3O. The van der Waals surface area contributed by atoms with E-state index in [1.54, 1.807) is 12.4 Å². The molecule has 4 nitrogen and oxygen atoms in total. The number of amides is 1. The Morgan fingerprint density at radius 1 is 0.880 bits per heavy atom. The van der Waals surface area contributed by atoms with Crippen molar-refractivity contribution in [1.82, 2.24) is 4.98 Å². The Morgan fingerprint density at radius 2 is 1.56 bits per heavy atom. The second-order valence-electron chi connectivity index (χ2n) is 6.12. The molecule has 0 bridgehead atoms. The van der Waals surface area contributed by atoms with Crippen LogP contribution in [0.1, 0.15) is 27.0 Å². The van der Waals surface area contributed by atoms with Crippen LogP contribution in [-0.2, 0) is 0 Å². The minimum atomic E-state index is -0.168. The number of rotatable bonds is 4. The van der Waals surface area contributed by atoms with E-state index in [4.69, 9.17) is 0 Å². The minimum absolute atomic E-state index is 0.168. The summed E-state index contributed by atoms with van der Waals surface area (Å²) in [5.41, 5.74) is 6.35. The molecule has 0 saturated carbocycles. The lowest BCUT2D eigenvalue weighted by Gasteiger charge is -2.13. The Morgan fingerprint density at radius 3 is 2.28 bits per heavy atom. The Bertz CT molecular complexity index is 898.